The number of amides is 1. The van der Waals surface area contributed by atoms with Gasteiger partial charge in [-0.15, -0.1) is 10.2 Å². The normalized spacial score (nSPS) is 15.1. The number of hydrogen-bond acceptors (Lipinski definition) is 6. The molecule has 1 atom stereocenters. The van der Waals surface area contributed by atoms with Gasteiger partial charge in [0.2, 0.25) is 11.0 Å². The summed E-state index contributed by atoms with van der Waals surface area (Å²) in [4.78, 5) is 12.5. The number of benzene rings is 2. The molecule has 0 spiro atoms. The lowest BCUT2D eigenvalue weighted by molar-refractivity contribution is -0.115. The highest BCUT2D eigenvalue weighted by Gasteiger charge is 2.23. The van der Waals surface area contributed by atoms with E-state index in [0.717, 1.165) is 25.9 Å². The zero-order valence-electron chi connectivity index (χ0n) is 13.7. The van der Waals surface area contributed by atoms with Crippen molar-refractivity contribution in [2.75, 3.05) is 10.6 Å². The fourth-order valence-electron chi connectivity index (χ4n) is 2.43. The second-order valence-corrected chi connectivity index (χ2v) is 8.67. The van der Waals surface area contributed by atoms with Crippen molar-refractivity contribution in [2.24, 2.45) is 0 Å². The molecule has 1 aliphatic carbocycles. The molecule has 2 aromatic carbocycles. The third-order valence-electron chi connectivity index (χ3n) is 3.98. The summed E-state index contributed by atoms with van der Waals surface area (Å²) in [6, 6.07) is 14.6. The van der Waals surface area contributed by atoms with E-state index in [-0.39, 0.29) is 11.2 Å². The van der Waals surface area contributed by atoms with Gasteiger partial charge in [-0.2, -0.15) is 0 Å². The van der Waals surface area contributed by atoms with Crippen LogP contribution in [0.2, 0.25) is 0 Å². The third kappa shape index (κ3) is 4.11. The van der Waals surface area contributed by atoms with E-state index < -0.39 is 0 Å². The molecule has 0 saturated heterocycles. The maximum atomic E-state index is 12.5. The van der Waals surface area contributed by atoms with Gasteiger partial charge in [0.25, 0.3) is 0 Å². The first kappa shape index (κ1) is 16.4. The second kappa shape index (κ2) is 7.01. The van der Waals surface area contributed by atoms with Gasteiger partial charge >= 0.3 is 0 Å². The number of rotatable bonds is 6. The first-order valence-corrected chi connectivity index (χ1v) is 9.93. The summed E-state index contributed by atoms with van der Waals surface area (Å²) in [5.74, 6) is -0.0350. The minimum Gasteiger partial charge on any atom is -0.357 e. The molecule has 0 bridgehead atoms. The van der Waals surface area contributed by atoms with Crippen LogP contribution >= 0.6 is 23.1 Å². The van der Waals surface area contributed by atoms with Crippen LogP contribution in [-0.2, 0) is 4.79 Å². The molecule has 0 unspecified atom stereocenters. The van der Waals surface area contributed by atoms with Gasteiger partial charge in [0.15, 0.2) is 4.34 Å². The molecule has 1 fully saturated rings. The van der Waals surface area contributed by atoms with E-state index in [1.165, 1.54) is 35.9 Å². The van der Waals surface area contributed by atoms with Crippen molar-refractivity contribution in [1.29, 1.82) is 0 Å². The van der Waals surface area contributed by atoms with Gasteiger partial charge in [0.05, 0.1) is 5.25 Å². The highest BCUT2D eigenvalue weighted by atomic mass is 32.2. The van der Waals surface area contributed by atoms with Crippen LogP contribution in [0.4, 0.5) is 10.8 Å². The van der Waals surface area contributed by atoms with E-state index in [1.54, 1.807) is 0 Å². The van der Waals surface area contributed by atoms with Crippen molar-refractivity contribution in [3.8, 4) is 0 Å². The SMILES string of the molecule is C[C@H](Sc1nnc(NC2CC2)s1)C(=O)Nc1ccc2ccccc2c1. The van der Waals surface area contributed by atoms with Crippen LogP contribution in [0.1, 0.15) is 19.8 Å². The predicted molar refractivity (Wildman–Crippen MR) is 104 cm³/mol. The standard InChI is InChI=1S/C18H18N4OS2/c1-11(24-18-22-21-17(25-18)20-14-8-9-14)16(23)19-15-7-6-12-4-2-3-5-13(12)10-15/h2-7,10-11,14H,8-9H2,1H3,(H,19,23)(H,20,21)/t11-/m0/s1. The van der Waals surface area contributed by atoms with Crippen LogP contribution in [0.25, 0.3) is 10.8 Å². The van der Waals surface area contributed by atoms with E-state index >= 15 is 0 Å². The van der Waals surface area contributed by atoms with Crippen molar-refractivity contribution >= 4 is 50.6 Å². The fourth-order valence-corrected chi connectivity index (χ4v) is 4.41. The second-order valence-electron chi connectivity index (χ2n) is 6.10. The molecule has 1 heterocycles. The van der Waals surface area contributed by atoms with E-state index in [4.69, 9.17) is 0 Å². The number of carbonyl (C=O) groups is 1. The lowest BCUT2D eigenvalue weighted by Crippen LogP contribution is -2.22. The molecule has 0 radical (unpaired) electrons. The molecule has 1 aromatic heterocycles. The summed E-state index contributed by atoms with van der Waals surface area (Å²) in [6.07, 6.45) is 2.40. The van der Waals surface area contributed by atoms with Gasteiger partial charge in [-0.1, -0.05) is 53.4 Å². The van der Waals surface area contributed by atoms with E-state index in [1.807, 2.05) is 43.3 Å². The highest BCUT2D eigenvalue weighted by Crippen LogP contribution is 2.32. The van der Waals surface area contributed by atoms with Crippen molar-refractivity contribution in [3.05, 3.63) is 42.5 Å². The van der Waals surface area contributed by atoms with Gasteiger partial charge < -0.3 is 10.6 Å². The van der Waals surface area contributed by atoms with Crippen molar-refractivity contribution in [2.45, 2.75) is 35.4 Å². The Kier molecular flexibility index (Phi) is 4.59. The third-order valence-corrected chi connectivity index (χ3v) is 6.01. The Morgan fingerprint density at radius 2 is 2.00 bits per heavy atom. The topological polar surface area (TPSA) is 66.9 Å². The molecule has 4 rings (SSSR count). The number of carbonyl (C=O) groups excluding carboxylic acids is 1. The van der Waals surface area contributed by atoms with Crippen LogP contribution < -0.4 is 10.6 Å². The molecular formula is C18H18N4OS2. The monoisotopic (exact) mass is 370 g/mol. The lowest BCUT2D eigenvalue weighted by atomic mass is 10.1. The number of thioether (sulfide) groups is 1. The molecule has 1 aliphatic rings. The average molecular weight is 371 g/mol. The summed E-state index contributed by atoms with van der Waals surface area (Å²) in [5, 5.41) is 17.5. The van der Waals surface area contributed by atoms with Crippen molar-refractivity contribution in [1.82, 2.24) is 10.2 Å². The van der Waals surface area contributed by atoms with Gasteiger partial charge in [0, 0.05) is 11.7 Å². The largest absolute Gasteiger partial charge is 0.357 e. The Morgan fingerprint density at radius 1 is 1.20 bits per heavy atom. The molecule has 1 amide bonds. The minimum atomic E-state index is -0.242. The summed E-state index contributed by atoms with van der Waals surface area (Å²) in [5.41, 5.74) is 0.810. The van der Waals surface area contributed by atoms with E-state index in [2.05, 4.69) is 26.9 Å². The molecule has 7 heteroatoms. The molecule has 1 saturated carbocycles. The van der Waals surface area contributed by atoms with Gasteiger partial charge in [-0.3, -0.25) is 4.79 Å². The van der Waals surface area contributed by atoms with Crippen LogP contribution in [-0.4, -0.2) is 27.4 Å². The minimum absolute atomic E-state index is 0.0350. The Balaban J connectivity index is 1.38. The van der Waals surface area contributed by atoms with E-state index in [0.29, 0.717) is 6.04 Å². The number of anilines is 2. The number of fused-ring (bicyclic) bond motifs is 1. The van der Waals surface area contributed by atoms with Crippen LogP contribution in [0.5, 0.6) is 0 Å². The maximum Gasteiger partial charge on any atom is 0.237 e. The smallest absolute Gasteiger partial charge is 0.237 e. The molecule has 5 nitrogen and oxygen atoms in total. The zero-order chi connectivity index (χ0) is 17.2. The quantitative estimate of drug-likeness (QED) is 0.630. The Morgan fingerprint density at radius 3 is 2.80 bits per heavy atom. The Hall–Kier alpha value is -2.12. The Labute approximate surface area is 154 Å². The zero-order valence-corrected chi connectivity index (χ0v) is 15.4. The first-order chi connectivity index (χ1) is 12.2. The summed E-state index contributed by atoms with van der Waals surface area (Å²) >= 11 is 2.94. The summed E-state index contributed by atoms with van der Waals surface area (Å²) < 4.78 is 0.810. The highest BCUT2D eigenvalue weighted by molar-refractivity contribution is 8.02. The first-order valence-electron chi connectivity index (χ1n) is 8.24. The molecule has 128 valence electrons. The molecule has 0 aliphatic heterocycles. The fraction of sp³-hybridized carbons (Fsp3) is 0.278. The molecular weight excluding hydrogens is 352 g/mol. The van der Waals surface area contributed by atoms with Crippen LogP contribution in [0.3, 0.4) is 0 Å². The number of nitrogens with one attached hydrogen (secondary N) is 2. The van der Waals surface area contributed by atoms with Gasteiger partial charge in [0.1, 0.15) is 0 Å². The number of nitrogens with zero attached hydrogens (tertiary/aromatic N) is 2. The van der Waals surface area contributed by atoms with Crippen LogP contribution in [0.15, 0.2) is 46.8 Å². The summed E-state index contributed by atoms with van der Waals surface area (Å²) in [7, 11) is 0. The Bertz CT molecular complexity index is 907. The van der Waals surface area contributed by atoms with Gasteiger partial charge in [-0.25, -0.2) is 0 Å². The molecule has 3 aromatic rings. The predicted octanol–water partition coefficient (Wildman–Crippen LogP) is 4.38. The molecule has 25 heavy (non-hydrogen) atoms. The average Bonchev–Trinajstić information content (AvgIpc) is 3.32. The molecule has 2 N–H and O–H groups in total. The van der Waals surface area contributed by atoms with Crippen molar-refractivity contribution in [3.63, 3.8) is 0 Å². The lowest BCUT2D eigenvalue weighted by Gasteiger charge is -2.11. The maximum absolute atomic E-state index is 12.5. The summed E-state index contributed by atoms with van der Waals surface area (Å²) in [6.45, 7) is 1.89. The van der Waals surface area contributed by atoms with Crippen molar-refractivity contribution < 1.29 is 4.79 Å². The van der Waals surface area contributed by atoms with Crippen LogP contribution in [0, 0.1) is 0 Å². The number of hydrogen-bond donors (Lipinski definition) is 2. The van der Waals surface area contributed by atoms with Gasteiger partial charge in [-0.05, 0) is 42.7 Å². The number of aromatic nitrogens is 2. The van der Waals surface area contributed by atoms with E-state index in [9.17, 15) is 4.79 Å².